The first-order valence-electron chi connectivity index (χ1n) is 7.22. The van der Waals surface area contributed by atoms with Crippen molar-refractivity contribution in [2.75, 3.05) is 13.2 Å². The molecule has 0 spiro atoms. The average Bonchev–Trinajstić information content (AvgIpc) is 2.45. The van der Waals surface area contributed by atoms with Gasteiger partial charge in [-0.3, -0.25) is 0 Å². The topological polar surface area (TPSA) is 21.3 Å². The normalized spacial score (nSPS) is 11.2. The summed E-state index contributed by atoms with van der Waals surface area (Å²) in [6.45, 7) is 6.11. The zero-order chi connectivity index (χ0) is 14.4. The first-order chi connectivity index (χ1) is 9.68. The molecule has 0 aliphatic rings. The van der Waals surface area contributed by atoms with E-state index in [0.717, 1.165) is 47.5 Å². The minimum absolute atomic E-state index is 0.552. The highest BCUT2D eigenvalue weighted by atomic mass is 35.5. The lowest BCUT2D eigenvalue weighted by atomic mass is 10.1. The van der Waals surface area contributed by atoms with E-state index in [0.29, 0.717) is 6.04 Å². The molecule has 0 fully saturated rings. The van der Waals surface area contributed by atoms with E-state index in [1.807, 2.05) is 30.3 Å². The predicted molar refractivity (Wildman–Crippen MR) is 86.8 cm³/mol. The summed E-state index contributed by atoms with van der Waals surface area (Å²) in [7, 11) is 0. The van der Waals surface area contributed by atoms with Crippen LogP contribution in [0.2, 0.25) is 5.02 Å². The van der Waals surface area contributed by atoms with Gasteiger partial charge in [-0.2, -0.15) is 0 Å². The van der Waals surface area contributed by atoms with Crippen molar-refractivity contribution in [3.05, 3.63) is 41.4 Å². The van der Waals surface area contributed by atoms with Crippen molar-refractivity contribution in [2.24, 2.45) is 0 Å². The first kappa shape index (κ1) is 15.1. The van der Waals surface area contributed by atoms with E-state index < -0.39 is 0 Å². The molecule has 3 heteroatoms. The number of hydrogen-bond donors (Lipinski definition) is 1. The van der Waals surface area contributed by atoms with Gasteiger partial charge >= 0.3 is 0 Å². The van der Waals surface area contributed by atoms with E-state index in [1.165, 1.54) is 0 Å². The first-order valence-corrected chi connectivity index (χ1v) is 7.59. The van der Waals surface area contributed by atoms with E-state index in [1.54, 1.807) is 0 Å². The predicted octanol–water partition coefficient (Wildman–Crippen LogP) is 4.65. The van der Waals surface area contributed by atoms with Crippen molar-refractivity contribution in [3.8, 4) is 5.75 Å². The van der Waals surface area contributed by atoms with Crippen LogP contribution in [0.25, 0.3) is 10.8 Å². The Morgan fingerprint density at radius 3 is 2.55 bits per heavy atom. The monoisotopic (exact) mass is 291 g/mol. The molecule has 20 heavy (non-hydrogen) atoms. The Balaban J connectivity index is 1.89. The van der Waals surface area contributed by atoms with Crippen LogP contribution in [0.5, 0.6) is 5.75 Å². The van der Waals surface area contributed by atoms with Crippen molar-refractivity contribution < 1.29 is 4.74 Å². The van der Waals surface area contributed by atoms with Gasteiger partial charge in [0.05, 0.1) is 6.61 Å². The van der Waals surface area contributed by atoms with Gasteiger partial charge in [-0.25, -0.2) is 0 Å². The van der Waals surface area contributed by atoms with Crippen LogP contribution in [-0.4, -0.2) is 19.2 Å². The van der Waals surface area contributed by atoms with Gasteiger partial charge in [-0.15, -0.1) is 0 Å². The zero-order valence-electron chi connectivity index (χ0n) is 12.2. The average molecular weight is 292 g/mol. The standard InChI is InChI=1S/C17H22ClNO/c1-13(2)19-11-5-6-12-20-17-10-9-16(18)14-7-3-4-8-15(14)17/h3-4,7-10,13,19H,5-6,11-12H2,1-2H3. The molecule has 0 unspecified atom stereocenters. The van der Waals surface area contributed by atoms with Crippen molar-refractivity contribution in [3.63, 3.8) is 0 Å². The zero-order valence-corrected chi connectivity index (χ0v) is 12.9. The minimum atomic E-state index is 0.552. The minimum Gasteiger partial charge on any atom is -0.493 e. The second kappa shape index (κ2) is 7.51. The summed E-state index contributed by atoms with van der Waals surface area (Å²) in [6, 6.07) is 12.5. The molecule has 2 nitrogen and oxygen atoms in total. The number of benzene rings is 2. The van der Waals surface area contributed by atoms with Crippen LogP contribution in [0.4, 0.5) is 0 Å². The summed E-state index contributed by atoms with van der Waals surface area (Å²) in [5.41, 5.74) is 0. The highest BCUT2D eigenvalue weighted by molar-refractivity contribution is 6.35. The van der Waals surface area contributed by atoms with E-state index in [4.69, 9.17) is 16.3 Å². The van der Waals surface area contributed by atoms with Crippen LogP contribution in [0.15, 0.2) is 36.4 Å². The van der Waals surface area contributed by atoms with Gasteiger partial charge < -0.3 is 10.1 Å². The van der Waals surface area contributed by atoms with Crippen LogP contribution >= 0.6 is 11.6 Å². The fraction of sp³-hybridized carbons (Fsp3) is 0.412. The second-order valence-corrected chi connectivity index (χ2v) is 5.66. The molecule has 0 radical (unpaired) electrons. The molecule has 1 N–H and O–H groups in total. The highest BCUT2D eigenvalue weighted by Crippen LogP contribution is 2.31. The van der Waals surface area contributed by atoms with Gasteiger partial charge in [0, 0.05) is 21.8 Å². The lowest BCUT2D eigenvalue weighted by Crippen LogP contribution is -2.23. The number of nitrogens with one attached hydrogen (secondary N) is 1. The lowest BCUT2D eigenvalue weighted by molar-refractivity contribution is 0.308. The molecule has 0 bridgehead atoms. The molecule has 0 aromatic heterocycles. The van der Waals surface area contributed by atoms with Gasteiger partial charge in [0.25, 0.3) is 0 Å². The Labute approximate surface area is 126 Å². The lowest BCUT2D eigenvalue weighted by Gasteiger charge is -2.11. The van der Waals surface area contributed by atoms with Crippen LogP contribution < -0.4 is 10.1 Å². The fourth-order valence-corrected chi connectivity index (χ4v) is 2.39. The van der Waals surface area contributed by atoms with E-state index in [9.17, 15) is 0 Å². The number of ether oxygens (including phenoxy) is 1. The number of fused-ring (bicyclic) bond motifs is 1. The van der Waals surface area contributed by atoms with Crippen LogP contribution in [0.1, 0.15) is 26.7 Å². The van der Waals surface area contributed by atoms with Gasteiger partial charge in [-0.1, -0.05) is 49.7 Å². The van der Waals surface area contributed by atoms with E-state index in [-0.39, 0.29) is 0 Å². The third-order valence-corrected chi connectivity index (χ3v) is 3.54. The summed E-state index contributed by atoms with van der Waals surface area (Å²) < 4.78 is 5.89. The van der Waals surface area contributed by atoms with E-state index >= 15 is 0 Å². The van der Waals surface area contributed by atoms with Gasteiger partial charge in [0.1, 0.15) is 5.75 Å². The molecule has 0 atom stereocenters. The molecule has 2 aromatic rings. The van der Waals surface area contributed by atoms with Crippen LogP contribution in [0, 0.1) is 0 Å². The summed E-state index contributed by atoms with van der Waals surface area (Å²) in [6.07, 6.45) is 2.18. The molecule has 0 saturated heterocycles. The van der Waals surface area contributed by atoms with Crippen molar-refractivity contribution >= 4 is 22.4 Å². The maximum Gasteiger partial charge on any atom is 0.127 e. The number of halogens is 1. The largest absolute Gasteiger partial charge is 0.493 e. The van der Waals surface area contributed by atoms with Gasteiger partial charge in [0.2, 0.25) is 0 Å². The number of unbranched alkanes of at least 4 members (excludes halogenated alkanes) is 1. The molecule has 0 heterocycles. The molecular formula is C17H22ClNO. The third-order valence-electron chi connectivity index (χ3n) is 3.21. The molecule has 0 aliphatic carbocycles. The number of rotatable bonds is 7. The summed E-state index contributed by atoms with van der Waals surface area (Å²) in [5.74, 6) is 0.918. The van der Waals surface area contributed by atoms with Crippen LogP contribution in [0.3, 0.4) is 0 Å². The summed E-state index contributed by atoms with van der Waals surface area (Å²) >= 11 is 6.20. The van der Waals surface area contributed by atoms with Crippen molar-refractivity contribution in [1.29, 1.82) is 0 Å². The van der Waals surface area contributed by atoms with Crippen molar-refractivity contribution in [1.82, 2.24) is 5.32 Å². The SMILES string of the molecule is CC(C)NCCCCOc1ccc(Cl)c2ccccc12. The molecular weight excluding hydrogens is 270 g/mol. The summed E-state index contributed by atoms with van der Waals surface area (Å²) in [4.78, 5) is 0. The van der Waals surface area contributed by atoms with Crippen LogP contribution in [-0.2, 0) is 0 Å². The Bertz CT molecular complexity index is 554. The Hall–Kier alpha value is -1.25. The molecule has 2 aromatic carbocycles. The van der Waals surface area contributed by atoms with Gasteiger partial charge in [0.15, 0.2) is 0 Å². The van der Waals surface area contributed by atoms with E-state index in [2.05, 4.69) is 25.2 Å². The van der Waals surface area contributed by atoms with Gasteiger partial charge in [-0.05, 0) is 31.5 Å². The molecule has 108 valence electrons. The summed E-state index contributed by atoms with van der Waals surface area (Å²) in [5, 5.41) is 6.31. The Morgan fingerprint density at radius 1 is 1.05 bits per heavy atom. The maximum atomic E-state index is 6.20. The van der Waals surface area contributed by atoms with Crippen molar-refractivity contribution in [2.45, 2.75) is 32.7 Å². The highest BCUT2D eigenvalue weighted by Gasteiger charge is 2.04. The third kappa shape index (κ3) is 4.12. The molecule has 2 rings (SSSR count). The Morgan fingerprint density at radius 2 is 1.80 bits per heavy atom. The fourth-order valence-electron chi connectivity index (χ4n) is 2.16. The second-order valence-electron chi connectivity index (χ2n) is 5.26. The molecule has 0 aliphatic heterocycles. The quantitative estimate of drug-likeness (QED) is 0.750. The number of hydrogen-bond acceptors (Lipinski definition) is 2. The molecule has 0 saturated carbocycles. The Kier molecular flexibility index (Phi) is 5.69. The maximum absolute atomic E-state index is 6.20. The molecule has 0 amide bonds. The smallest absolute Gasteiger partial charge is 0.127 e.